The van der Waals surface area contributed by atoms with Gasteiger partial charge in [0.25, 0.3) is 0 Å². The molecule has 0 bridgehead atoms. The first kappa shape index (κ1) is 7.10. The van der Waals surface area contributed by atoms with Crippen LogP contribution in [0, 0.1) is 5.41 Å². The fourth-order valence-corrected chi connectivity index (χ4v) is 2.02. The smallest absolute Gasteiger partial charge is 0.106 e. The fraction of sp³-hybridized carbons (Fsp3) is 0.875. The van der Waals surface area contributed by atoms with Gasteiger partial charge in [-0.15, -0.1) is 0 Å². The highest BCUT2D eigenvalue weighted by molar-refractivity contribution is 5.94. The second-order valence-electron chi connectivity index (χ2n) is 3.46. The van der Waals surface area contributed by atoms with Crippen molar-refractivity contribution in [1.82, 2.24) is 5.32 Å². The zero-order chi connectivity index (χ0) is 7.73. The van der Waals surface area contributed by atoms with Crippen LogP contribution in [0.3, 0.4) is 0 Å². The summed E-state index contributed by atoms with van der Waals surface area (Å²) in [6, 6.07) is 0. The molecule has 0 aromatic rings. The number of oxime groups is 1. The standard InChI is InChI=1S/C8H14N2O/c1-11-10-7-5-9-6-8(7)3-2-4-8/h9H,2-6H2,1H3/b10-7+. The average molecular weight is 154 g/mol. The summed E-state index contributed by atoms with van der Waals surface area (Å²) in [5, 5.41) is 7.39. The van der Waals surface area contributed by atoms with Crippen molar-refractivity contribution in [2.24, 2.45) is 10.6 Å². The molecule has 1 saturated carbocycles. The monoisotopic (exact) mass is 154 g/mol. The molecule has 2 aliphatic rings. The van der Waals surface area contributed by atoms with Crippen LogP contribution >= 0.6 is 0 Å². The van der Waals surface area contributed by atoms with Crippen molar-refractivity contribution < 1.29 is 4.84 Å². The van der Waals surface area contributed by atoms with E-state index in [2.05, 4.69) is 10.5 Å². The van der Waals surface area contributed by atoms with Crippen LogP contribution in [0.1, 0.15) is 19.3 Å². The Morgan fingerprint density at radius 1 is 1.55 bits per heavy atom. The minimum absolute atomic E-state index is 0.399. The predicted octanol–water partition coefficient (Wildman–Crippen LogP) is 0.762. The Bertz CT molecular complexity index is 185. The van der Waals surface area contributed by atoms with Crippen LogP contribution in [-0.2, 0) is 4.84 Å². The normalized spacial score (nSPS) is 30.8. The molecule has 0 atom stereocenters. The van der Waals surface area contributed by atoms with E-state index >= 15 is 0 Å². The molecule has 1 aliphatic carbocycles. The summed E-state index contributed by atoms with van der Waals surface area (Å²) in [5.74, 6) is 0. The Labute approximate surface area is 66.8 Å². The van der Waals surface area contributed by atoms with Gasteiger partial charge in [-0.25, -0.2) is 0 Å². The number of hydrogen-bond donors (Lipinski definition) is 1. The van der Waals surface area contributed by atoms with E-state index < -0.39 is 0 Å². The Balaban J connectivity index is 2.13. The summed E-state index contributed by atoms with van der Waals surface area (Å²) in [4.78, 5) is 4.80. The number of nitrogens with zero attached hydrogens (tertiary/aromatic N) is 1. The quantitative estimate of drug-likeness (QED) is 0.566. The molecule has 1 spiro atoms. The molecule has 0 aromatic carbocycles. The Morgan fingerprint density at radius 3 is 2.91 bits per heavy atom. The third-order valence-electron chi connectivity index (χ3n) is 2.88. The molecule has 0 radical (unpaired) electrons. The Hall–Kier alpha value is -0.570. The third-order valence-corrected chi connectivity index (χ3v) is 2.88. The minimum Gasteiger partial charge on any atom is -0.399 e. The zero-order valence-electron chi connectivity index (χ0n) is 6.89. The van der Waals surface area contributed by atoms with E-state index in [1.165, 1.54) is 25.0 Å². The highest BCUT2D eigenvalue weighted by Gasteiger charge is 2.45. The summed E-state index contributed by atoms with van der Waals surface area (Å²) in [6.07, 6.45) is 3.94. The number of rotatable bonds is 1. The van der Waals surface area contributed by atoms with Crippen LogP contribution in [0.5, 0.6) is 0 Å². The molecule has 2 rings (SSSR count). The molecule has 1 heterocycles. The highest BCUT2D eigenvalue weighted by Crippen LogP contribution is 2.43. The highest BCUT2D eigenvalue weighted by atomic mass is 16.6. The van der Waals surface area contributed by atoms with Gasteiger partial charge in [0.15, 0.2) is 0 Å². The van der Waals surface area contributed by atoms with E-state index in [0.29, 0.717) is 5.41 Å². The third kappa shape index (κ3) is 0.948. The van der Waals surface area contributed by atoms with Crippen LogP contribution in [0.25, 0.3) is 0 Å². The van der Waals surface area contributed by atoms with Gasteiger partial charge < -0.3 is 10.2 Å². The molecule has 0 aromatic heterocycles. The first-order chi connectivity index (χ1) is 5.37. The molecule has 1 aliphatic heterocycles. The van der Waals surface area contributed by atoms with E-state index in [1.54, 1.807) is 7.11 Å². The van der Waals surface area contributed by atoms with Crippen molar-refractivity contribution in [3.8, 4) is 0 Å². The van der Waals surface area contributed by atoms with Crippen LogP contribution in [-0.4, -0.2) is 25.9 Å². The van der Waals surface area contributed by atoms with Gasteiger partial charge in [-0.2, -0.15) is 0 Å². The summed E-state index contributed by atoms with van der Waals surface area (Å²) < 4.78 is 0. The van der Waals surface area contributed by atoms with E-state index in [9.17, 15) is 0 Å². The minimum atomic E-state index is 0.399. The summed E-state index contributed by atoms with van der Waals surface area (Å²) in [6.45, 7) is 2.03. The summed E-state index contributed by atoms with van der Waals surface area (Å²) in [5.41, 5.74) is 1.63. The largest absolute Gasteiger partial charge is 0.399 e. The van der Waals surface area contributed by atoms with Crippen LogP contribution in [0.15, 0.2) is 5.16 Å². The van der Waals surface area contributed by atoms with Gasteiger partial charge in [0.05, 0.1) is 5.71 Å². The van der Waals surface area contributed by atoms with Gasteiger partial charge in [-0.05, 0) is 12.8 Å². The molecule has 3 nitrogen and oxygen atoms in total. The van der Waals surface area contributed by atoms with Crippen molar-refractivity contribution in [2.45, 2.75) is 19.3 Å². The van der Waals surface area contributed by atoms with E-state index in [0.717, 1.165) is 13.1 Å². The van der Waals surface area contributed by atoms with Crippen molar-refractivity contribution in [3.63, 3.8) is 0 Å². The number of nitrogens with one attached hydrogen (secondary N) is 1. The lowest BCUT2D eigenvalue weighted by Gasteiger charge is -2.37. The average Bonchev–Trinajstić information content (AvgIpc) is 2.31. The SMILES string of the molecule is CO/N=C1\CNCC12CCC2. The van der Waals surface area contributed by atoms with Gasteiger partial charge in [-0.1, -0.05) is 11.6 Å². The lowest BCUT2D eigenvalue weighted by molar-refractivity contribution is 0.193. The van der Waals surface area contributed by atoms with Gasteiger partial charge in [0, 0.05) is 18.5 Å². The molecule has 3 heteroatoms. The van der Waals surface area contributed by atoms with Crippen LogP contribution < -0.4 is 5.32 Å². The molecule has 1 N–H and O–H groups in total. The molecule has 62 valence electrons. The van der Waals surface area contributed by atoms with Crippen molar-refractivity contribution in [2.75, 3.05) is 20.2 Å². The molecule has 0 unspecified atom stereocenters. The van der Waals surface area contributed by atoms with Crippen molar-refractivity contribution >= 4 is 5.71 Å². The molecule has 1 saturated heterocycles. The molecule has 0 amide bonds. The molecule has 2 fully saturated rings. The van der Waals surface area contributed by atoms with Gasteiger partial charge in [0.2, 0.25) is 0 Å². The van der Waals surface area contributed by atoms with Gasteiger partial charge in [-0.3, -0.25) is 0 Å². The first-order valence-corrected chi connectivity index (χ1v) is 4.19. The fourth-order valence-electron chi connectivity index (χ4n) is 2.02. The lowest BCUT2D eigenvalue weighted by atomic mass is 9.67. The molecule has 11 heavy (non-hydrogen) atoms. The second-order valence-corrected chi connectivity index (χ2v) is 3.46. The Kier molecular flexibility index (Phi) is 1.60. The predicted molar refractivity (Wildman–Crippen MR) is 43.6 cm³/mol. The topological polar surface area (TPSA) is 33.6 Å². The summed E-state index contributed by atoms with van der Waals surface area (Å²) >= 11 is 0. The molecular weight excluding hydrogens is 140 g/mol. The maximum Gasteiger partial charge on any atom is 0.106 e. The molecular formula is C8H14N2O. The number of hydrogen-bond acceptors (Lipinski definition) is 3. The van der Waals surface area contributed by atoms with E-state index in [1.807, 2.05) is 0 Å². The van der Waals surface area contributed by atoms with E-state index in [-0.39, 0.29) is 0 Å². The second kappa shape index (κ2) is 2.48. The summed E-state index contributed by atoms with van der Waals surface area (Å²) in [7, 11) is 1.62. The van der Waals surface area contributed by atoms with E-state index in [4.69, 9.17) is 4.84 Å². The van der Waals surface area contributed by atoms with Crippen LogP contribution in [0.2, 0.25) is 0 Å². The zero-order valence-corrected chi connectivity index (χ0v) is 6.89. The first-order valence-electron chi connectivity index (χ1n) is 4.19. The van der Waals surface area contributed by atoms with Crippen LogP contribution in [0.4, 0.5) is 0 Å². The maximum atomic E-state index is 4.80. The van der Waals surface area contributed by atoms with Crippen molar-refractivity contribution in [3.05, 3.63) is 0 Å². The van der Waals surface area contributed by atoms with Gasteiger partial charge >= 0.3 is 0 Å². The lowest BCUT2D eigenvalue weighted by Crippen LogP contribution is -2.37. The van der Waals surface area contributed by atoms with Gasteiger partial charge in [0.1, 0.15) is 7.11 Å². The maximum absolute atomic E-state index is 4.80. The van der Waals surface area contributed by atoms with Crippen molar-refractivity contribution in [1.29, 1.82) is 0 Å². The Morgan fingerprint density at radius 2 is 2.36 bits per heavy atom.